The quantitative estimate of drug-likeness (QED) is 0.0931. The first-order valence-electron chi connectivity index (χ1n) is 18.9. The molecule has 3 aliphatic rings. The van der Waals surface area contributed by atoms with E-state index in [1.165, 1.54) is 36.0 Å². The molecule has 4 nitrogen and oxygen atoms in total. The van der Waals surface area contributed by atoms with E-state index in [0.29, 0.717) is 30.5 Å². The van der Waals surface area contributed by atoms with Crippen molar-refractivity contribution in [3.63, 3.8) is 0 Å². The van der Waals surface area contributed by atoms with Crippen LogP contribution in [0.25, 0.3) is 0 Å². The van der Waals surface area contributed by atoms with Crippen LogP contribution in [0.1, 0.15) is 122 Å². The van der Waals surface area contributed by atoms with Crippen LogP contribution in [0.4, 0.5) is 0 Å². The van der Waals surface area contributed by atoms with E-state index in [1.807, 2.05) is 0 Å². The largest absolute Gasteiger partial charge is 0.413 e. The number of rotatable bonds is 11. The summed E-state index contributed by atoms with van der Waals surface area (Å²) < 4.78 is 25.4. The molecule has 1 saturated carbocycles. The first-order valence-corrected chi connectivity index (χ1v) is 24.8. The normalized spacial score (nSPS) is 29.0. The van der Waals surface area contributed by atoms with Crippen molar-refractivity contribution in [1.82, 2.24) is 0 Å². The first kappa shape index (κ1) is 41.5. The van der Waals surface area contributed by atoms with Gasteiger partial charge in [0.05, 0.1) is 17.8 Å². The summed E-state index contributed by atoms with van der Waals surface area (Å²) in [5, 5.41) is 0.320. The summed E-state index contributed by atoms with van der Waals surface area (Å²) in [6.45, 7) is 37.7. The Labute approximate surface area is 299 Å². The van der Waals surface area contributed by atoms with Crippen molar-refractivity contribution in [3.05, 3.63) is 34.9 Å². The maximum atomic E-state index is 7.13. The Morgan fingerprint density at radius 1 is 0.917 bits per heavy atom. The second-order valence-corrected chi connectivity index (χ2v) is 28.9. The number of ether oxygens (including phenoxy) is 2. The van der Waals surface area contributed by atoms with Gasteiger partial charge in [0, 0.05) is 37.0 Å². The lowest BCUT2D eigenvalue weighted by molar-refractivity contribution is -0.128. The highest BCUT2D eigenvalue weighted by Crippen LogP contribution is 2.58. The molecule has 6 heteroatoms. The van der Waals surface area contributed by atoms with Crippen LogP contribution < -0.4 is 0 Å². The molecule has 48 heavy (non-hydrogen) atoms. The Morgan fingerprint density at radius 3 is 2.10 bits per heavy atom. The van der Waals surface area contributed by atoms with E-state index in [1.54, 1.807) is 7.11 Å². The predicted octanol–water partition coefficient (Wildman–Crippen LogP) is 11.9. The van der Waals surface area contributed by atoms with E-state index in [9.17, 15) is 0 Å². The molecule has 0 unspecified atom stereocenters. The molecular weight excluding hydrogens is 625 g/mol. The van der Waals surface area contributed by atoms with E-state index in [2.05, 4.69) is 139 Å². The van der Waals surface area contributed by atoms with Gasteiger partial charge in [0.1, 0.15) is 6.79 Å². The Hall–Kier alpha value is -0.946. The fourth-order valence-electron chi connectivity index (χ4n) is 7.60. The summed E-state index contributed by atoms with van der Waals surface area (Å²) in [5.74, 6) is 9.60. The third-order valence-electron chi connectivity index (χ3n) is 13.6. The topological polar surface area (TPSA) is 36.9 Å². The van der Waals surface area contributed by atoms with Crippen LogP contribution >= 0.6 is 0 Å². The van der Waals surface area contributed by atoms with E-state index in [0.717, 1.165) is 19.3 Å². The van der Waals surface area contributed by atoms with E-state index in [4.69, 9.17) is 18.3 Å². The van der Waals surface area contributed by atoms with Gasteiger partial charge in [-0.25, -0.2) is 0 Å². The van der Waals surface area contributed by atoms with Crippen molar-refractivity contribution >= 4 is 16.6 Å². The van der Waals surface area contributed by atoms with Crippen LogP contribution in [-0.4, -0.2) is 48.3 Å². The van der Waals surface area contributed by atoms with Crippen LogP contribution in [0.3, 0.4) is 0 Å². The van der Waals surface area contributed by atoms with Crippen LogP contribution in [0.5, 0.6) is 0 Å². The molecule has 7 atom stereocenters. The molecule has 3 aliphatic carbocycles. The minimum absolute atomic E-state index is 0.0695. The highest BCUT2D eigenvalue weighted by molar-refractivity contribution is 6.74. The van der Waals surface area contributed by atoms with Gasteiger partial charge >= 0.3 is 0 Å². The summed E-state index contributed by atoms with van der Waals surface area (Å²) in [5.41, 5.74) is 3.96. The lowest BCUT2D eigenvalue weighted by Crippen LogP contribution is -2.49. The number of methoxy groups -OCH3 is 1. The second-order valence-electron chi connectivity index (χ2n) is 19.3. The second kappa shape index (κ2) is 15.3. The maximum Gasteiger partial charge on any atom is 0.192 e. The van der Waals surface area contributed by atoms with Crippen molar-refractivity contribution < 1.29 is 18.3 Å². The van der Waals surface area contributed by atoms with Gasteiger partial charge in [0.25, 0.3) is 0 Å². The molecule has 0 aromatic carbocycles. The molecule has 1 fully saturated rings. The van der Waals surface area contributed by atoms with Crippen LogP contribution in [0.15, 0.2) is 34.9 Å². The molecule has 0 saturated heterocycles. The summed E-state index contributed by atoms with van der Waals surface area (Å²) in [6, 6.07) is 0. The number of allylic oxidation sites excluding steroid dienone is 3. The van der Waals surface area contributed by atoms with Gasteiger partial charge in [-0.2, -0.15) is 0 Å². The lowest BCUT2D eigenvalue weighted by Gasteiger charge is -2.45. The number of hydrogen-bond acceptors (Lipinski definition) is 4. The molecule has 0 amide bonds. The van der Waals surface area contributed by atoms with Crippen molar-refractivity contribution in [3.8, 4) is 11.8 Å². The minimum atomic E-state index is -1.98. The van der Waals surface area contributed by atoms with Crippen molar-refractivity contribution in [1.29, 1.82) is 0 Å². The average molecular weight is 699 g/mol. The number of hydrogen-bond donors (Lipinski definition) is 0. The molecule has 0 spiro atoms. The van der Waals surface area contributed by atoms with Gasteiger partial charge in [0.15, 0.2) is 16.6 Å². The zero-order valence-corrected chi connectivity index (χ0v) is 36.3. The van der Waals surface area contributed by atoms with Gasteiger partial charge in [-0.3, -0.25) is 0 Å². The first-order chi connectivity index (χ1) is 21.9. The summed E-state index contributed by atoms with van der Waals surface area (Å²) in [4.78, 5) is 0. The molecular formula is C42H74O4Si2. The van der Waals surface area contributed by atoms with Gasteiger partial charge in [-0.1, -0.05) is 92.4 Å². The standard InChI is InChI=1S/C42H74O4Si2/c1-30(20-21-31(2)41(10,11)44-29-43-13)36-24-25-37-33(19-18-26-42(36,37)12)22-23-34-27-35(45-47(14,15)39(4,5)6)28-38(32(34)3)46-48(16,17)40(7,8)9/h19-21,30-31,35-38H,18,24-29H2,1-17H3/b21-20+/t30-,31+,35-,36-,37+,38+,42-/m1/s1. The predicted molar refractivity (Wildman–Crippen MR) is 210 cm³/mol. The highest BCUT2D eigenvalue weighted by atomic mass is 28.4. The number of fused-ring (bicyclic) bond motifs is 1. The molecule has 0 heterocycles. The minimum Gasteiger partial charge on any atom is -0.413 e. The van der Waals surface area contributed by atoms with Crippen molar-refractivity contribution in [2.75, 3.05) is 13.9 Å². The Kier molecular flexibility index (Phi) is 13.3. The molecule has 3 rings (SSSR count). The molecule has 0 aromatic heterocycles. The van der Waals surface area contributed by atoms with Gasteiger partial charge in [-0.15, -0.1) is 0 Å². The third-order valence-corrected chi connectivity index (χ3v) is 22.6. The maximum absolute atomic E-state index is 7.13. The van der Waals surface area contributed by atoms with Crippen molar-refractivity contribution in [2.45, 2.75) is 176 Å². The fourth-order valence-corrected chi connectivity index (χ4v) is 10.3. The molecule has 0 aliphatic heterocycles. The monoisotopic (exact) mass is 699 g/mol. The van der Waals surface area contributed by atoms with Crippen molar-refractivity contribution in [2.24, 2.45) is 29.1 Å². The molecule has 0 N–H and O–H groups in total. The third kappa shape index (κ3) is 9.48. The van der Waals surface area contributed by atoms with Crippen LogP contribution in [0, 0.1) is 40.9 Å². The molecule has 0 aromatic rings. The molecule has 0 radical (unpaired) electrons. The summed E-state index contributed by atoms with van der Waals surface area (Å²) in [7, 11) is -2.24. The summed E-state index contributed by atoms with van der Waals surface area (Å²) in [6.07, 6.45) is 14.2. The van der Waals surface area contributed by atoms with Gasteiger partial charge < -0.3 is 18.3 Å². The van der Waals surface area contributed by atoms with E-state index < -0.39 is 16.6 Å². The Bertz CT molecular complexity index is 1260. The van der Waals surface area contributed by atoms with Crippen LogP contribution in [0.2, 0.25) is 36.3 Å². The molecule has 274 valence electrons. The summed E-state index contributed by atoms with van der Waals surface area (Å²) >= 11 is 0. The van der Waals surface area contributed by atoms with E-state index >= 15 is 0 Å². The average Bonchev–Trinajstić information content (AvgIpc) is 3.31. The van der Waals surface area contributed by atoms with Crippen LogP contribution in [-0.2, 0) is 18.3 Å². The lowest BCUT2D eigenvalue weighted by atomic mass is 9.62. The van der Waals surface area contributed by atoms with E-state index in [-0.39, 0.29) is 33.3 Å². The highest BCUT2D eigenvalue weighted by Gasteiger charge is 2.50. The zero-order chi connectivity index (χ0) is 36.5. The Morgan fingerprint density at radius 2 is 1.52 bits per heavy atom. The smallest absolute Gasteiger partial charge is 0.192 e. The molecule has 0 bridgehead atoms. The fraction of sp³-hybridized carbons (Fsp3) is 0.810. The zero-order valence-electron chi connectivity index (χ0n) is 34.3. The Balaban J connectivity index is 1.87. The SMILES string of the molecule is COCOC(C)(C)[C@@H](C)/C=C/[C@@H](C)[C@H]1CC[C@H]2C(C#CC3=C(C)[C@@H](O[Si](C)(C)C(C)(C)C)C[C@H](O[Si](C)(C)C(C)(C)C)C3)=CCC[C@]12C. The van der Waals surface area contributed by atoms with Gasteiger partial charge in [-0.05, 0) is 111 Å². The van der Waals surface area contributed by atoms with Gasteiger partial charge in [0.2, 0.25) is 0 Å².